The van der Waals surface area contributed by atoms with Crippen LogP contribution in [0, 0.1) is 11.8 Å². The number of esters is 2. The highest BCUT2D eigenvalue weighted by molar-refractivity contribution is 8.03. The number of hydrogen-bond acceptors (Lipinski definition) is 8. The number of thioether (sulfide) groups is 1. The number of benzene rings is 1. The predicted molar refractivity (Wildman–Crippen MR) is 143 cm³/mol. The summed E-state index contributed by atoms with van der Waals surface area (Å²) in [7, 11) is 6.25. The van der Waals surface area contributed by atoms with Crippen molar-refractivity contribution in [2.45, 2.75) is 51.4 Å². The third kappa shape index (κ3) is 5.13. The molecular weight excluding hydrogens is 494 g/mol. The summed E-state index contributed by atoms with van der Waals surface area (Å²) in [6.07, 6.45) is 0.597. The average molecular weight is 532 g/mol. The zero-order valence-electron chi connectivity index (χ0n) is 22.8. The molecule has 4 rings (SSSR count). The number of fused-ring (bicyclic) bond motifs is 1. The normalized spacial score (nSPS) is 26.6. The second kappa shape index (κ2) is 11.7. The van der Waals surface area contributed by atoms with Crippen LogP contribution in [0.5, 0.6) is 0 Å². The fourth-order valence-electron chi connectivity index (χ4n) is 5.33. The molecule has 2 saturated heterocycles. The van der Waals surface area contributed by atoms with Crippen LogP contribution in [0.3, 0.4) is 0 Å². The van der Waals surface area contributed by atoms with Crippen LogP contribution < -0.4 is 4.90 Å². The van der Waals surface area contributed by atoms with Crippen molar-refractivity contribution in [3.63, 3.8) is 0 Å². The van der Waals surface area contributed by atoms with Crippen LogP contribution in [0.2, 0.25) is 0 Å². The quantitative estimate of drug-likeness (QED) is 0.408. The second-order valence-electron chi connectivity index (χ2n) is 9.35. The van der Waals surface area contributed by atoms with Gasteiger partial charge in [0.2, 0.25) is 11.8 Å². The lowest BCUT2D eigenvalue weighted by Gasteiger charge is -2.43. The zero-order valence-corrected chi connectivity index (χ0v) is 23.6. The summed E-state index contributed by atoms with van der Waals surface area (Å²) in [5, 5.41) is 0.0740. The van der Waals surface area contributed by atoms with Gasteiger partial charge in [-0.3, -0.25) is 14.5 Å². The highest BCUT2D eigenvalue weighted by Crippen LogP contribution is 2.51. The van der Waals surface area contributed by atoms with Crippen molar-refractivity contribution >= 4 is 41.2 Å². The maximum Gasteiger partial charge on any atom is 0.355 e. The van der Waals surface area contributed by atoms with Crippen molar-refractivity contribution in [1.29, 1.82) is 0 Å². The summed E-state index contributed by atoms with van der Waals surface area (Å²) in [4.78, 5) is 56.4. The molecule has 9 nitrogen and oxygen atoms in total. The van der Waals surface area contributed by atoms with Gasteiger partial charge >= 0.3 is 11.9 Å². The Balaban J connectivity index is 0.00000186. The molecule has 5 unspecified atom stereocenters. The molecule has 3 aliphatic rings. The molecule has 202 valence electrons. The molecule has 0 N–H and O–H groups in total. The predicted octanol–water partition coefficient (Wildman–Crippen LogP) is 3.15. The van der Waals surface area contributed by atoms with Gasteiger partial charge in [0.1, 0.15) is 5.70 Å². The number of ether oxygens (including phenoxy) is 2. The van der Waals surface area contributed by atoms with Gasteiger partial charge in [-0.15, -0.1) is 11.8 Å². The van der Waals surface area contributed by atoms with E-state index in [9.17, 15) is 19.2 Å². The molecule has 10 heteroatoms. The van der Waals surface area contributed by atoms with Gasteiger partial charge in [0.25, 0.3) is 0 Å². The van der Waals surface area contributed by atoms with E-state index in [1.54, 1.807) is 52.9 Å². The largest absolute Gasteiger partial charge is 0.465 e. The average Bonchev–Trinajstić information content (AvgIpc) is 3.42. The van der Waals surface area contributed by atoms with Crippen LogP contribution in [0.15, 0.2) is 34.9 Å². The van der Waals surface area contributed by atoms with Gasteiger partial charge in [0.15, 0.2) is 0 Å². The maximum absolute atomic E-state index is 13.4. The lowest BCUT2D eigenvalue weighted by molar-refractivity contribution is -0.156. The number of anilines is 1. The van der Waals surface area contributed by atoms with Crippen LogP contribution in [0.25, 0.3) is 0 Å². The van der Waals surface area contributed by atoms with Crippen LogP contribution in [-0.4, -0.2) is 85.7 Å². The Bertz CT molecular complexity index is 1110. The van der Waals surface area contributed by atoms with E-state index in [1.807, 2.05) is 39.6 Å². The van der Waals surface area contributed by atoms with E-state index in [4.69, 9.17) is 9.47 Å². The Morgan fingerprint density at radius 2 is 1.70 bits per heavy atom. The van der Waals surface area contributed by atoms with Gasteiger partial charge < -0.3 is 19.3 Å². The number of likely N-dealkylation sites (N-methyl/N-ethyl adjacent to an activating group) is 2. The fraction of sp³-hybridized carbons (Fsp3) is 0.556. The minimum Gasteiger partial charge on any atom is -0.465 e. The van der Waals surface area contributed by atoms with Gasteiger partial charge in [-0.05, 0) is 31.7 Å². The Kier molecular flexibility index (Phi) is 9.07. The molecule has 2 amide bonds. The molecule has 3 heterocycles. The molecule has 37 heavy (non-hydrogen) atoms. The van der Waals surface area contributed by atoms with Crippen LogP contribution in [0.4, 0.5) is 5.69 Å². The van der Waals surface area contributed by atoms with Crippen molar-refractivity contribution in [1.82, 2.24) is 9.80 Å². The first-order valence-electron chi connectivity index (χ1n) is 12.6. The molecule has 0 spiro atoms. The van der Waals surface area contributed by atoms with Crippen LogP contribution in [0.1, 0.15) is 44.5 Å². The lowest BCUT2D eigenvalue weighted by Crippen LogP contribution is -2.59. The van der Waals surface area contributed by atoms with E-state index in [0.717, 1.165) is 4.91 Å². The number of carbonyl (C=O) groups excluding carboxylic acids is 4. The van der Waals surface area contributed by atoms with Crippen molar-refractivity contribution in [2.24, 2.45) is 11.8 Å². The molecule has 3 aliphatic heterocycles. The molecule has 2 fully saturated rings. The Morgan fingerprint density at radius 1 is 1.05 bits per heavy atom. The SMILES string of the molecule is CC.COC(=O)C1=C(SC2CC(C(=O)N(C)c3cccc(C(=O)OC)c3)N(C)C2)C(C)C2C(C)C(=O)N12. The fourth-order valence-corrected chi connectivity index (χ4v) is 6.93. The first kappa shape index (κ1) is 28.7. The van der Waals surface area contributed by atoms with E-state index in [2.05, 4.69) is 0 Å². The molecular formula is C27H37N3O6S. The molecule has 0 aromatic heterocycles. The van der Waals surface area contributed by atoms with E-state index < -0.39 is 11.9 Å². The molecule has 0 bridgehead atoms. The summed E-state index contributed by atoms with van der Waals surface area (Å²) in [5.74, 6) is -1.17. The van der Waals surface area contributed by atoms with Crippen molar-refractivity contribution in [3.05, 3.63) is 40.4 Å². The molecule has 5 atom stereocenters. The van der Waals surface area contributed by atoms with E-state index in [0.29, 0.717) is 29.9 Å². The van der Waals surface area contributed by atoms with Crippen molar-refractivity contribution in [3.8, 4) is 0 Å². The summed E-state index contributed by atoms with van der Waals surface area (Å²) in [5.41, 5.74) is 1.34. The summed E-state index contributed by atoms with van der Waals surface area (Å²) < 4.78 is 9.79. The minimum absolute atomic E-state index is 0.0242. The van der Waals surface area contributed by atoms with Gasteiger partial charge in [-0.2, -0.15) is 0 Å². The molecule has 0 radical (unpaired) electrons. The van der Waals surface area contributed by atoms with Gasteiger partial charge in [0.05, 0.1) is 37.8 Å². The smallest absolute Gasteiger partial charge is 0.355 e. The highest BCUT2D eigenvalue weighted by atomic mass is 32.2. The summed E-state index contributed by atoms with van der Waals surface area (Å²) in [6, 6.07) is 6.41. The van der Waals surface area contributed by atoms with Crippen LogP contribution in [-0.2, 0) is 23.9 Å². The van der Waals surface area contributed by atoms with E-state index in [-0.39, 0.29) is 41.0 Å². The van der Waals surface area contributed by atoms with Crippen molar-refractivity contribution < 1.29 is 28.7 Å². The summed E-state index contributed by atoms with van der Waals surface area (Å²) >= 11 is 1.58. The van der Waals surface area contributed by atoms with Crippen molar-refractivity contribution in [2.75, 3.05) is 39.8 Å². The Hall–Kier alpha value is -2.85. The van der Waals surface area contributed by atoms with Gasteiger partial charge in [-0.25, -0.2) is 9.59 Å². The third-order valence-electron chi connectivity index (χ3n) is 7.29. The van der Waals surface area contributed by atoms with E-state index >= 15 is 0 Å². The zero-order chi connectivity index (χ0) is 27.6. The topological polar surface area (TPSA) is 96.5 Å². The number of likely N-dealkylation sites (tertiary alicyclic amines) is 1. The standard InChI is InChI=1S/C25H31N3O6S.C2H6/c1-13-19-14(2)22(29)28(19)20(25(32)34-6)21(13)35-17-11-18(26(3)12-17)23(30)27(4)16-9-7-8-15(10-16)24(31)33-5;1-2/h7-10,13-14,17-19H,11-12H2,1-6H3;1-2H3. The number of amides is 2. The second-order valence-corrected chi connectivity index (χ2v) is 10.7. The Labute approximate surface area is 223 Å². The number of hydrogen-bond donors (Lipinski definition) is 0. The van der Waals surface area contributed by atoms with Crippen LogP contribution >= 0.6 is 11.8 Å². The highest BCUT2D eigenvalue weighted by Gasteiger charge is 2.57. The lowest BCUT2D eigenvalue weighted by atomic mass is 9.84. The summed E-state index contributed by atoms with van der Waals surface area (Å²) in [6.45, 7) is 8.60. The van der Waals surface area contributed by atoms with Gasteiger partial charge in [0, 0.05) is 35.4 Å². The molecule has 1 aromatic rings. The number of carbonyl (C=O) groups is 4. The first-order chi connectivity index (χ1) is 17.6. The number of β-lactam (4-membered cyclic amide) rings is 1. The van der Waals surface area contributed by atoms with Gasteiger partial charge in [-0.1, -0.05) is 33.8 Å². The third-order valence-corrected chi connectivity index (χ3v) is 8.78. The van der Waals surface area contributed by atoms with E-state index in [1.165, 1.54) is 14.2 Å². The monoisotopic (exact) mass is 531 g/mol. The molecule has 1 aromatic carbocycles. The number of methoxy groups -OCH3 is 2. The first-order valence-corrected chi connectivity index (χ1v) is 13.5. The number of nitrogens with zero attached hydrogens (tertiary/aromatic N) is 3. The minimum atomic E-state index is -0.494. The molecule has 0 saturated carbocycles. The number of rotatable bonds is 6. The molecule has 0 aliphatic carbocycles. The maximum atomic E-state index is 13.4. The Morgan fingerprint density at radius 3 is 2.32 bits per heavy atom.